The largest absolute Gasteiger partial charge is 0.327 e. The van der Waals surface area contributed by atoms with Crippen molar-refractivity contribution < 1.29 is 4.79 Å². The second-order valence-corrected chi connectivity index (χ2v) is 6.87. The van der Waals surface area contributed by atoms with Crippen molar-refractivity contribution in [3.05, 3.63) is 24.3 Å². The number of hydrogen-bond donors (Lipinski definition) is 2. The summed E-state index contributed by atoms with van der Waals surface area (Å²) in [5.74, 6) is 1.08. The van der Waals surface area contributed by atoms with Gasteiger partial charge in [-0.25, -0.2) is 4.68 Å². The number of nitrogens with two attached hydrogens (primary N) is 1. The monoisotopic (exact) mass is 362 g/mol. The molecule has 2 aliphatic rings. The van der Waals surface area contributed by atoms with Crippen molar-refractivity contribution in [1.82, 2.24) is 20.2 Å². The number of nitrogens with one attached hydrogen (secondary N) is 1. The molecule has 4 rings (SSSR count). The molecule has 1 amide bonds. The van der Waals surface area contributed by atoms with Gasteiger partial charge in [-0.2, -0.15) is 0 Å². The molecule has 0 spiro atoms. The molecule has 2 aromatic rings. The average Bonchev–Trinajstić information content (AvgIpc) is 3.16. The van der Waals surface area contributed by atoms with Crippen molar-refractivity contribution in [2.24, 2.45) is 11.7 Å². The maximum absolute atomic E-state index is 12.3. The molecule has 2 aliphatic carbocycles. The number of anilines is 1. The van der Waals surface area contributed by atoms with E-state index in [4.69, 9.17) is 5.73 Å². The molecule has 0 unspecified atom stereocenters. The van der Waals surface area contributed by atoms with Crippen molar-refractivity contribution in [2.75, 3.05) is 5.32 Å². The van der Waals surface area contributed by atoms with Gasteiger partial charge in [-0.15, -0.1) is 17.5 Å². The fourth-order valence-electron chi connectivity index (χ4n) is 3.45. The SMILES string of the molecule is Cl.N[C@@H]1CCC[C@H]1CC(=O)Nc1cccc(-c2nnnn2C2CC2)c1. The van der Waals surface area contributed by atoms with Gasteiger partial charge in [-0.1, -0.05) is 18.6 Å². The Balaban J connectivity index is 0.00000182. The van der Waals surface area contributed by atoms with Crippen molar-refractivity contribution in [3.63, 3.8) is 0 Å². The summed E-state index contributed by atoms with van der Waals surface area (Å²) >= 11 is 0. The molecule has 0 aliphatic heterocycles. The second kappa shape index (κ2) is 7.49. The van der Waals surface area contributed by atoms with E-state index < -0.39 is 0 Å². The molecule has 1 aromatic heterocycles. The van der Waals surface area contributed by atoms with E-state index in [-0.39, 0.29) is 24.4 Å². The van der Waals surface area contributed by atoms with E-state index in [1.54, 1.807) is 0 Å². The summed E-state index contributed by atoms with van der Waals surface area (Å²) in [6.07, 6.45) is 5.93. The van der Waals surface area contributed by atoms with Gasteiger partial charge in [0.15, 0.2) is 5.82 Å². The second-order valence-electron chi connectivity index (χ2n) is 6.87. The lowest BCUT2D eigenvalue weighted by molar-refractivity contribution is -0.117. The van der Waals surface area contributed by atoms with E-state index in [0.717, 1.165) is 49.2 Å². The molecular formula is C17H23ClN6O. The van der Waals surface area contributed by atoms with Gasteiger partial charge in [0.05, 0.1) is 6.04 Å². The van der Waals surface area contributed by atoms with Crippen LogP contribution in [0.15, 0.2) is 24.3 Å². The van der Waals surface area contributed by atoms with Crippen molar-refractivity contribution in [1.29, 1.82) is 0 Å². The van der Waals surface area contributed by atoms with Gasteiger partial charge in [-0.3, -0.25) is 4.79 Å². The number of benzene rings is 1. The highest BCUT2D eigenvalue weighted by atomic mass is 35.5. The lowest BCUT2D eigenvalue weighted by Gasteiger charge is -2.15. The molecule has 1 aromatic carbocycles. The Morgan fingerprint density at radius 2 is 2.12 bits per heavy atom. The van der Waals surface area contributed by atoms with Crippen LogP contribution >= 0.6 is 12.4 Å². The summed E-state index contributed by atoms with van der Waals surface area (Å²) in [5.41, 5.74) is 7.75. The fourth-order valence-corrected chi connectivity index (χ4v) is 3.45. The molecule has 2 fully saturated rings. The Morgan fingerprint density at radius 3 is 2.84 bits per heavy atom. The van der Waals surface area contributed by atoms with Crippen LogP contribution in [0.3, 0.4) is 0 Å². The van der Waals surface area contributed by atoms with Gasteiger partial charge >= 0.3 is 0 Å². The van der Waals surface area contributed by atoms with Crippen molar-refractivity contribution >= 4 is 24.0 Å². The van der Waals surface area contributed by atoms with Crippen LogP contribution in [0.2, 0.25) is 0 Å². The Hall–Kier alpha value is -1.99. The topological polar surface area (TPSA) is 98.7 Å². The lowest BCUT2D eigenvalue weighted by Crippen LogP contribution is -2.28. The predicted octanol–water partition coefficient (Wildman–Crippen LogP) is 2.55. The normalized spacial score (nSPS) is 22.4. The summed E-state index contributed by atoms with van der Waals surface area (Å²) in [5, 5.41) is 15.0. The molecule has 8 heteroatoms. The third kappa shape index (κ3) is 3.99. The molecule has 3 N–H and O–H groups in total. The minimum absolute atomic E-state index is 0. The summed E-state index contributed by atoms with van der Waals surface area (Å²) < 4.78 is 1.87. The first-order valence-corrected chi connectivity index (χ1v) is 8.64. The van der Waals surface area contributed by atoms with Gasteiger partial charge in [0.2, 0.25) is 5.91 Å². The van der Waals surface area contributed by atoms with E-state index in [1.165, 1.54) is 0 Å². The zero-order valence-electron chi connectivity index (χ0n) is 14.0. The van der Waals surface area contributed by atoms with Crippen molar-refractivity contribution in [2.45, 2.75) is 50.6 Å². The summed E-state index contributed by atoms with van der Waals surface area (Å²) in [6.45, 7) is 0. The highest BCUT2D eigenvalue weighted by Crippen LogP contribution is 2.36. The van der Waals surface area contributed by atoms with Crippen LogP contribution in [-0.2, 0) is 4.79 Å². The van der Waals surface area contributed by atoms with E-state index >= 15 is 0 Å². The van der Waals surface area contributed by atoms with Gasteiger partial charge < -0.3 is 11.1 Å². The number of nitrogens with zero attached hydrogens (tertiary/aromatic N) is 4. The molecule has 1 heterocycles. The van der Waals surface area contributed by atoms with Crippen LogP contribution in [0.5, 0.6) is 0 Å². The molecule has 2 saturated carbocycles. The number of rotatable bonds is 5. The molecule has 25 heavy (non-hydrogen) atoms. The number of aromatic nitrogens is 4. The van der Waals surface area contributed by atoms with Gasteiger partial charge in [-0.05, 0) is 54.2 Å². The van der Waals surface area contributed by atoms with E-state index in [2.05, 4.69) is 20.8 Å². The van der Waals surface area contributed by atoms with Crippen molar-refractivity contribution in [3.8, 4) is 11.4 Å². The highest BCUT2D eigenvalue weighted by molar-refractivity contribution is 5.91. The summed E-state index contributed by atoms with van der Waals surface area (Å²) in [6, 6.07) is 8.27. The zero-order chi connectivity index (χ0) is 16.5. The first-order valence-electron chi connectivity index (χ1n) is 8.64. The lowest BCUT2D eigenvalue weighted by atomic mass is 10.00. The Morgan fingerprint density at radius 1 is 1.28 bits per heavy atom. The van der Waals surface area contributed by atoms with Crippen LogP contribution < -0.4 is 11.1 Å². The fraction of sp³-hybridized carbons (Fsp3) is 0.529. The quantitative estimate of drug-likeness (QED) is 0.851. The van der Waals surface area contributed by atoms with Crippen LogP contribution in [0.25, 0.3) is 11.4 Å². The molecule has 2 atom stereocenters. The first kappa shape index (κ1) is 17.8. The van der Waals surface area contributed by atoms with E-state index in [1.807, 2.05) is 28.9 Å². The van der Waals surface area contributed by atoms with Crippen LogP contribution in [0, 0.1) is 5.92 Å². The number of tetrazole rings is 1. The van der Waals surface area contributed by atoms with Crippen LogP contribution in [0.4, 0.5) is 5.69 Å². The third-order valence-corrected chi connectivity index (χ3v) is 4.96. The minimum atomic E-state index is 0. The number of carbonyl (C=O) groups is 1. The number of halogens is 1. The van der Waals surface area contributed by atoms with E-state index in [9.17, 15) is 4.79 Å². The standard InChI is InChI=1S/C17H22N6O.ClH/c18-15-6-2-3-11(15)10-16(24)19-13-5-1-4-12(9-13)17-20-21-22-23(17)14-7-8-14;/h1,4-5,9,11,14-15H,2-3,6-8,10,18H2,(H,19,24);1H/t11-,15+;/m0./s1. The Labute approximate surface area is 152 Å². The molecule has 0 saturated heterocycles. The Kier molecular flexibility index (Phi) is 5.34. The smallest absolute Gasteiger partial charge is 0.224 e. The summed E-state index contributed by atoms with van der Waals surface area (Å²) in [7, 11) is 0. The molecular weight excluding hydrogens is 340 g/mol. The van der Waals surface area contributed by atoms with E-state index in [0.29, 0.717) is 18.4 Å². The number of carbonyl (C=O) groups excluding carboxylic acids is 1. The third-order valence-electron chi connectivity index (χ3n) is 4.96. The van der Waals surface area contributed by atoms with Crippen LogP contribution in [0.1, 0.15) is 44.6 Å². The molecule has 134 valence electrons. The van der Waals surface area contributed by atoms with Gasteiger partial charge in [0.1, 0.15) is 0 Å². The van der Waals surface area contributed by atoms with Crippen LogP contribution in [-0.4, -0.2) is 32.2 Å². The first-order chi connectivity index (χ1) is 11.7. The van der Waals surface area contributed by atoms with Gasteiger partial charge in [0, 0.05) is 23.7 Å². The molecule has 0 radical (unpaired) electrons. The maximum atomic E-state index is 12.3. The van der Waals surface area contributed by atoms with Gasteiger partial charge in [0.25, 0.3) is 0 Å². The highest BCUT2D eigenvalue weighted by Gasteiger charge is 2.28. The average molecular weight is 363 g/mol. The Bertz CT molecular complexity index is 744. The predicted molar refractivity (Wildman–Crippen MR) is 97.3 cm³/mol. The number of amides is 1. The number of hydrogen-bond acceptors (Lipinski definition) is 5. The summed E-state index contributed by atoms with van der Waals surface area (Å²) in [4.78, 5) is 12.3. The minimum Gasteiger partial charge on any atom is -0.327 e. The molecule has 0 bridgehead atoms. The zero-order valence-corrected chi connectivity index (χ0v) is 14.8. The maximum Gasteiger partial charge on any atom is 0.224 e. The molecule has 7 nitrogen and oxygen atoms in total.